The van der Waals surface area contributed by atoms with Gasteiger partial charge in [0, 0.05) is 26.5 Å². The first-order chi connectivity index (χ1) is 11.3. The standard InChI is InChI=1S/C16H19F3N4O/c1-9(2)13(10-6-5-7-20-8-10)22(3)16(24)11-12(14(17)18)21-23(4)15(11)19/h5-9,13-14H,1-4H3. The van der Waals surface area contributed by atoms with Crippen LogP contribution in [0.15, 0.2) is 24.5 Å². The van der Waals surface area contributed by atoms with Gasteiger partial charge in [-0.25, -0.2) is 13.5 Å². The Bertz CT molecular complexity index is 716. The Morgan fingerprint density at radius 2 is 2.00 bits per heavy atom. The summed E-state index contributed by atoms with van der Waals surface area (Å²) in [5, 5.41) is 3.42. The summed E-state index contributed by atoms with van der Waals surface area (Å²) in [5.74, 6) is -1.94. The minimum Gasteiger partial charge on any atom is -0.334 e. The molecule has 0 spiro atoms. The molecule has 2 heterocycles. The zero-order valence-electron chi connectivity index (χ0n) is 13.9. The van der Waals surface area contributed by atoms with Crippen LogP contribution in [0.4, 0.5) is 13.2 Å². The minimum absolute atomic E-state index is 0.0297. The van der Waals surface area contributed by atoms with Crippen molar-refractivity contribution in [1.82, 2.24) is 19.7 Å². The number of carbonyl (C=O) groups is 1. The first-order valence-corrected chi connectivity index (χ1v) is 7.43. The predicted octanol–water partition coefficient (Wildman–Crippen LogP) is 3.36. The lowest BCUT2D eigenvalue weighted by atomic mass is 9.95. The van der Waals surface area contributed by atoms with Gasteiger partial charge in [-0.15, -0.1) is 0 Å². The number of halogens is 3. The summed E-state index contributed by atoms with van der Waals surface area (Å²) in [6.45, 7) is 3.77. The van der Waals surface area contributed by atoms with E-state index in [4.69, 9.17) is 0 Å². The number of pyridine rings is 1. The molecule has 24 heavy (non-hydrogen) atoms. The summed E-state index contributed by atoms with van der Waals surface area (Å²) in [4.78, 5) is 18.0. The predicted molar refractivity (Wildman–Crippen MR) is 82.0 cm³/mol. The normalized spacial score (nSPS) is 12.7. The average molecular weight is 340 g/mol. The van der Waals surface area contributed by atoms with Gasteiger partial charge < -0.3 is 4.90 Å². The SMILES string of the molecule is CC(C)C(c1cccnc1)N(C)C(=O)c1c(C(F)F)nn(C)c1F. The third-order valence-electron chi connectivity index (χ3n) is 3.82. The van der Waals surface area contributed by atoms with Crippen LogP contribution in [0.1, 0.15) is 47.9 Å². The summed E-state index contributed by atoms with van der Waals surface area (Å²) in [6.07, 6.45) is 0.157. The van der Waals surface area contributed by atoms with Crippen LogP contribution in [0.25, 0.3) is 0 Å². The Hall–Kier alpha value is -2.38. The smallest absolute Gasteiger partial charge is 0.283 e. The van der Waals surface area contributed by atoms with Crippen molar-refractivity contribution < 1.29 is 18.0 Å². The fourth-order valence-electron chi connectivity index (χ4n) is 2.78. The van der Waals surface area contributed by atoms with Gasteiger partial charge in [-0.1, -0.05) is 19.9 Å². The van der Waals surface area contributed by atoms with Crippen molar-refractivity contribution in [1.29, 1.82) is 0 Å². The Kier molecular flexibility index (Phi) is 5.26. The molecule has 0 aliphatic heterocycles. The van der Waals surface area contributed by atoms with Crippen molar-refractivity contribution >= 4 is 5.91 Å². The molecule has 0 radical (unpaired) electrons. The molecule has 2 aromatic rings. The molecule has 0 N–H and O–H groups in total. The maximum Gasteiger partial charge on any atom is 0.283 e. The molecule has 0 aliphatic carbocycles. The molecule has 0 saturated heterocycles. The summed E-state index contributed by atoms with van der Waals surface area (Å²) >= 11 is 0. The third-order valence-corrected chi connectivity index (χ3v) is 3.82. The number of rotatable bonds is 5. The molecule has 0 bridgehead atoms. The molecular weight excluding hydrogens is 321 g/mol. The van der Waals surface area contributed by atoms with Crippen LogP contribution in [0, 0.1) is 11.9 Å². The molecular formula is C16H19F3N4O. The van der Waals surface area contributed by atoms with E-state index in [1.165, 1.54) is 19.0 Å². The van der Waals surface area contributed by atoms with Crippen LogP contribution in [0.5, 0.6) is 0 Å². The number of alkyl halides is 2. The highest BCUT2D eigenvalue weighted by atomic mass is 19.3. The van der Waals surface area contributed by atoms with Gasteiger partial charge in [0.15, 0.2) is 0 Å². The summed E-state index contributed by atoms with van der Waals surface area (Å²) in [7, 11) is 2.64. The highest BCUT2D eigenvalue weighted by Crippen LogP contribution is 2.31. The number of hydrogen-bond donors (Lipinski definition) is 0. The van der Waals surface area contributed by atoms with E-state index in [-0.39, 0.29) is 5.92 Å². The van der Waals surface area contributed by atoms with Gasteiger partial charge in [-0.05, 0) is 17.5 Å². The van der Waals surface area contributed by atoms with E-state index in [9.17, 15) is 18.0 Å². The molecule has 1 amide bonds. The molecule has 8 heteroatoms. The van der Waals surface area contributed by atoms with Crippen LogP contribution in [0.2, 0.25) is 0 Å². The van der Waals surface area contributed by atoms with Gasteiger partial charge in [0.25, 0.3) is 12.3 Å². The molecule has 0 fully saturated rings. The van der Waals surface area contributed by atoms with Crippen molar-refractivity contribution in [3.63, 3.8) is 0 Å². The van der Waals surface area contributed by atoms with Gasteiger partial charge in [-0.2, -0.15) is 9.49 Å². The average Bonchev–Trinajstić information content (AvgIpc) is 2.83. The van der Waals surface area contributed by atoms with Gasteiger partial charge in [-0.3, -0.25) is 9.78 Å². The van der Waals surface area contributed by atoms with Crippen LogP contribution in [-0.2, 0) is 7.05 Å². The van der Waals surface area contributed by atoms with Gasteiger partial charge >= 0.3 is 0 Å². The number of carbonyl (C=O) groups excluding carboxylic acids is 1. The molecule has 1 unspecified atom stereocenters. The Morgan fingerprint density at radius 3 is 2.50 bits per heavy atom. The second kappa shape index (κ2) is 7.02. The van der Waals surface area contributed by atoms with Crippen LogP contribution in [-0.4, -0.2) is 32.6 Å². The van der Waals surface area contributed by atoms with Crippen molar-refractivity contribution in [2.75, 3.05) is 7.05 Å². The van der Waals surface area contributed by atoms with Gasteiger partial charge in [0.2, 0.25) is 5.95 Å². The van der Waals surface area contributed by atoms with Crippen LogP contribution >= 0.6 is 0 Å². The van der Waals surface area contributed by atoms with E-state index < -0.39 is 35.6 Å². The minimum atomic E-state index is -3.04. The Morgan fingerprint density at radius 1 is 1.33 bits per heavy atom. The quantitative estimate of drug-likeness (QED) is 0.839. The zero-order valence-corrected chi connectivity index (χ0v) is 13.9. The molecule has 130 valence electrons. The van der Waals surface area contributed by atoms with Crippen LogP contribution in [0.3, 0.4) is 0 Å². The zero-order chi connectivity index (χ0) is 18.0. The summed E-state index contributed by atoms with van der Waals surface area (Å²) in [6, 6.07) is 3.07. The molecule has 2 aromatic heterocycles. The van der Waals surface area contributed by atoms with E-state index >= 15 is 0 Å². The molecule has 0 aliphatic rings. The molecule has 0 saturated carbocycles. The second-order valence-electron chi connectivity index (χ2n) is 5.87. The fraction of sp³-hybridized carbons (Fsp3) is 0.438. The highest BCUT2D eigenvalue weighted by Gasteiger charge is 2.34. The topological polar surface area (TPSA) is 51.0 Å². The van der Waals surface area contributed by atoms with E-state index in [1.54, 1.807) is 24.5 Å². The number of aromatic nitrogens is 3. The van der Waals surface area contributed by atoms with Gasteiger partial charge in [0.1, 0.15) is 11.3 Å². The lowest BCUT2D eigenvalue weighted by molar-refractivity contribution is 0.0670. The van der Waals surface area contributed by atoms with Crippen LogP contribution < -0.4 is 0 Å². The first kappa shape index (κ1) is 18.0. The number of aryl methyl sites for hydroxylation is 1. The number of amides is 1. The Labute approximate surface area is 138 Å². The molecule has 1 atom stereocenters. The maximum absolute atomic E-state index is 14.2. The van der Waals surface area contributed by atoms with E-state index in [2.05, 4.69) is 10.1 Å². The summed E-state index contributed by atoms with van der Waals surface area (Å²) in [5.41, 5.74) is -0.795. The highest BCUT2D eigenvalue weighted by molar-refractivity contribution is 5.95. The monoisotopic (exact) mass is 340 g/mol. The first-order valence-electron chi connectivity index (χ1n) is 7.43. The van der Waals surface area contributed by atoms with Crippen molar-refractivity contribution in [3.8, 4) is 0 Å². The van der Waals surface area contributed by atoms with Crippen molar-refractivity contribution in [3.05, 3.63) is 47.3 Å². The van der Waals surface area contributed by atoms with Gasteiger partial charge in [0.05, 0.1) is 6.04 Å². The molecule has 5 nitrogen and oxygen atoms in total. The van der Waals surface area contributed by atoms with E-state index in [0.29, 0.717) is 4.68 Å². The lowest BCUT2D eigenvalue weighted by Crippen LogP contribution is -2.35. The Balaban J connectivity index is 2.45. The maximum atomic E-state index is 14.2. The summed E-state index contributed by atoms with van der Waals surface area (Å²) < 4.78 is 41.0. The lowest BCUT2D eigenvalue weighted by Gasteiger charge is -2.31. The largest absolute Gasteiger partial charge is 0.334 e. The van der Waals surface area contributed by atoms with E-state index in [0.717, 1.165) is 5.56 Å². The van der Waals surface area contributed by atoms with E-state index in [1.807, 2.05) is 13.8 Å². The fourth-order valence-corrected chi connectivity index (χ4v) is 2.78. The number of hydrogen-bond acceptors (Lipinski definition) is 3. The number of nitrogens with zero attached hydrogens (tertiary/aromatic N) is 4. The van der Waals surface area contributed by atoms with Crippen molar-refractivity contribution in [2.24, 2.45) is 13.0 Å². The third kappa shape index (κ3) is 3.27. The van der Waals surface area contributed by atoms with Crippen molar-refractivity contribution in [2.45, 2.75) is 26.3 Å². The molecule has 0 aromatic carbocycles. The second-order valence-corrected chi connectivity index (χ2v) is 5.87. The molecule has 2 rings (SSSR count).